The van der Waals surface area contributed by atoms with Crippen LogP contribution in [-0.2, 0) is 9.59 Å². The van der Waals surface area contributed by atoms with E-state index in [0.29, 0.717) is 5.92 Å². The minimum atomic E-state index is -0.281. The first kappa shape index (κ1) is 16.2. The lowest BCUT2D eigenvalue weighted by atomic mass is 9.79. The van der Waals surface area contributed by atoms with Crippen LogP contribution in [0.2, 0.25) is 0 Å². The molecule has 1 fully saturated rings. The van der Waals surface area contributed by atoms with Crippen LogP contribution in [0.4, 0.5) is 0 Å². The molecule has 0 aliphatic heterocycles. The molecule has 4 nitrogen and oxygen atoms in total. The topological polar surface area (TPSA) is 58.2 Å². The zero-order valence-corrected chi connectivity index (χ0v) is 12.5. The number of nitrogens with one attached hydrogen (secondary N) is 2. The van der Waals surface area contributed by atoms with Crippen molar-refractivity contribution in [2.75, 3.05) is 13.6 Å². The molecule has 1 saturated carbocycles. The number of amides is 1. The van der Waals surface area contributed by atoms with Crippen molar-refractivity contribution in [2.24, 2.45) is 11.8 Å². The monoisotopic (exact) mass is 268 g/mol. The van der Waals surface area contributed by atoms with E-state index in [4.69, 9.17) is 0 Å². The van der Waals surface area contributed by atoms with Crippen LogP contribution in [0, 0.1) is 11.8 Å². The number of hydrogen-bond acceptors (Lipinski definition) is 3. The fourth-order valence-corrected chi connectivity index (χ4v) is 2.78. The lowest BCUT2D eigenvalue weighted by Crippen LogP contribution is -2.50. The van der Waals surface area contributed by atoms with Crippen LogP contribution in [0.5, 0.6) is 0 Å². The number of hydrogen-bond donors (Lipinski definition) is 2. The van der Waals surface area contributed by atoms with Crippen LogP contribution in [0.3, 0.4) is 0 Å². The molecule has 0 saturated heterocycles. The van der Waals surface area contributed by atoms with Crippen LogP contribution in [0.25, 0.3) is 0 Å². The highest BCUT2D eigenvalue weighted by Gasteiger charge is 2.32. The normalized spacial score (nSPS) is 19.7. The summed E-state index contributed by atoms with van der Waals surface area (Å²) >= 11 is 0. The molecule has 1 rings (SSSR count). The van der Waals surface area contributed by atoms with Gasteiger partial charge >= 0.3 is 0 Å². The number of carbonyl (C=O) groups is 2. The lowest BCUT2D eigenvalue weighted by Gasteiger charge is -2.31. The van der Waals surface area contributed by atoms with E-state index in [2.05, 4.69) is 10.6 Å². The third kappa shape index (κ3) is 4.94. The van der Waals surface area contributed by atoms with Crippen molar-refractivity contribution in [1.82, 2.24) is 10.6 Å². The summed E-state index contributed by atoms with van der Waals surface area (Å²) in [5.74, 6) is 0.492. The minimum absolute atomic E-state index is 0.0295. The molecule has 0 radical (unpaired) electrons. The molecule has 2 unspecified atom stereocenters. The summed E-state index contributed by atoms with van der Waals surface area (Å²) in [5, 5.41) is 5.79. The van der Waals surface area contributed by atoms with Crippen LogP contribution in [-0.4, -0.2) is 31.3 Å². The predicted molar refractivity (Wildman–Crippen MR) is 76.9 cm³/mol. The maximum absolute atomic E-state index is 12.5. The van der Waals surface area contributed by atoms with Gasteiger partial charge in [-0.2, -0.15) is 0 Å². The molecule has 19 heavy (non-hydrogen) atoms. The molecule has 1 aliphatic carbocycles. The second-order valence-electron chi connectivity index (χ2n) is 5.69. The van der Waals surface area contributed by atoms with Gasteiger partial charge in [0.15, 0.2) is 5.78 Å². The molecule has 110 valence electrons. The van der Waals surface area contributed by atoms with Gasteiger partial charge in [0.2, 0.25) is 5.91 Å². The van der Waals surface area contributed by atoms with E-state index in [0.717, 1.165) is 19.3 Å². The fourth-order valence-electron chi connectivity index (χ4n) is 2.78. The van der Waals surface area contributed by atoms with Crippen LogP contribution in [0.1, 0.15) is 52.4 Å². The molecule has 0 aromatic heterocycles. The van der Waals surface area contributed by atoms with Crippen LogP contribution < -0.4 is 10.6 Å². The maximum Gasteiger partial charge on any atom is 0.234 e. The minimum Gasteiger partial charge on any atom is -0.345 e. The molecular weight excluding hydrogens is 240 g/mol. The maximum atomic E-state index is 12.5. The van der Waals surface area contributed by atoms with E-state index in [1.54, 1.807) is 7.05 Å². The Morgan fingerprint density at radius 3 is 2.37 bits per heavy atom. The molecule has 0 spiro atoms. The van der Waals surface area contributed by atoms with Gasteiger partial charge in [-0.05, 0) is 32.2 Å². The molecule has 0 bridgehead atoms. The molecule has 2 N–H and O–H groups in total. The van der Waals surface area contributed by atoms with Gasteiger partial charge in [0, 0.05) is 5.92 Å². The van der Waals surface area contributed by atoms with Crippen molar-refractivity contribution in [3.63, 3.8) is 0 Å². The summed E-state index contributed by atoms with van der Waals surface area (Å²) in [7, 11) is 1.74. The zero-order chi connectivity index (χ0) is 14.3. The first-order valence-corrected chi connectivity index (χ1v) is 7.57. The van der Waals surface area contributed by atoms with Gasteiger partial charge in [0.05, 0.1) is 12.6 Å². The van der Waals surface area contributed by atoms with Crippen LogP contribution >= 0.6 is 0 Å². The number of ketones is 1. The van der Waals surface area contributed by atoms with Gasteiger partial charge in [-0.3, -0.25) is 9.59 Å². The van der Waals surface area contributed by atoms with E-state index in [-0.39, 0.29) is 30.2 Å². The predicted octanol–water partition coefficient (Wildman–Crippen LogP) is 1.89. The molecule has 1 amide bonds. The standard InChI is InChI=1S/C15H28N2O2/c1-4-11(2)15(19)14(17-13(18)10-16-3)12-8-6-5-7-9-12/h11-12,14,16H,4-10H2,1-3H3,(H,17,18). The van der Waals surface area contributed by atoms with Crippen molar-refractivity contribution < 1.29 is 9.59 Å². The number of carbonyl (C=O) groups excluding carboxylic acids is 2. The third-order valence-corrected chi connectivity index (χ3v) is 4.18. The summed E-state index contributed by atoms with van der Waals surface area (Å²) < 4.78 is 0. The van der Waals surface area contributed by atoms with Gasteiger partial charge in [-0.1, -0.05) is 33.1 Å². The molecule has 1 aliphatic rings. The fraction of sp³-hybridized carbons (Fsp3) is 0.867. The van der Waals surface area contributed by atoms with Gasteiger partial charge in [-0.25, -0.2) is 0 Å². The summed E-state index contributed by atoms with van der Waals surface area (Å²) in [6.07, 6.45) is 6.57. The Hall–Kier alpha value is -0.900. The number of likely N-dealkylation sites (N-methyl/N-ethyl adjacent to an activating group) is 1. The SMILES string of the molecule is CCC(C)C(=O)C(NC(=O)CNC)C1CCCCC1. The van der Waals surface area contributed by atoms with E-state index in [1.807, 2.05) is 13.8 Å². The van der Waals surface area contributed by atoms with Crippen LogP contribution in [0.15, 0.2) is 0 Å². The largest absolute Gasteiger partial charge is 0.345 e. The summed E-state index contributed by atoms with van der Waals surface area (Å²) in [4.78, 5) is 24.3. The van der Waals surface area contributed by atoms with Gasteiger partial charge in [0.1, 0.15) is 0 Å². The Labute approximate surface area is 116 Å². The van der Waals surface area contributed by atoms with E-state index in [1.165, 1.54) is 19.3 Å². The highest BCUT2D eigenvalue weighted by molar-refractivity contribution is 5.91. The molecule has 0 aromatic rings. The molecule has 0 heterocycles. The zero-order valence-electron chi connectivity index (χ0n) is 12.5. The van der Waals surface area contributed by atoms with Crippen molar-refractivity contribution in [3.8, 4) is 0 Å². The summed E-state index contributed by atoms with van der Waals surface area (Å²) in [6, 6.07) is -0.281. The van der Waals surface area contributed by atoms with Crippen molar-refractivity contribution >= 4 is 11.7 Å². The van der Waals surface area contributed by atoms with Crippen molar-refractivity contribution in [1.29, 1.82) is 0 Å². The van der Waals surface area contributed by atoms with E-state index >= 15 is 0 Å². The molecule has 0 aromatic carbocycles. The second-order valence-corrected chi connectivity index (χ2v) is 5.69. The average Bonchev–Trinajstić information content (AvgIpc) is 2.44. The van der Waals surface area contributed by atoms with E-state index < -0.39 is 0 Å². The third-order valence-electron chi connectivity index (χ3n) is 4.18. The Morgan fingerprint density at radius 2 is 1.84 bits per heavy atom. The average molecular weight is 268 g/mol. The first-order chi connectivity index (χ1) is 9.10. The summed E-state index contributed by atoms with van der Waals surface area (Å²) in [5.41, 5.74) is 0. The lowest BCUT2D eigenvalue weighted by molar-refractivity contribution is -0.131. The quantitative estimate of drug-likeness (QED) is 0.741. The first-order valence-electron chi connectivity index (χ1n) is 7.57. The Morgan fingerprint density at radius 1 is 1.21 bits per heavy atom. The highest BCUT2D eigenvalue weighted by Crippen LogP contribution is 2.28. The highest BCUT2D eigenvalue weighted by atomic mass is 16.2. The Balaban J connectivity index is 2.71. The molecular formula is C15H28N2O2. The molecule has 4 heteroatoms. The van der Waals surface area contributed by atoms with Gasteiger partial charge < -0.3 is 10.6 Å². The Kier molecular flexibility index (Phi) is 7.06. The molecule has 2 atom stereocenters. The van der Waals surface area contributed by atoms with Crippen molar-refractivity contribution in [2.45, 2.75) is 58.4 Å². The van der Waals surface area contributed by atoms with Gasteiger partial charge in [-0.15, -0.1) is 0 Å². The summed E-state index contributed by atoms with van der Waals surface area (Å²) in [6.45, 7) is 4.26. The smallest absolute Gasteiger partial charge is 0.234 e. The number of Topliss-reactive ketones (excluding diaryl/α,β-unsaturated/α-hetero) is 1. The second kappa shape index (κ2) is 8.31. The van der Waals surface area contributed by atoms with Gasteiger partial charge in [0.25, 0.3) is 0 Å². The Bertz CT molecular complexity index is 299. The number of rotatable bonds is 7. The van der Waals surface area contributed by atoms with Crippen molar-refractivity contribution in [3.05, 3.63) is 0 Å². The van der Waals surface area contributed by atoms with E-state index in [9.17, 15) is 9.59 Å².